The van der Waals surface area contributed by atoms with Crippen molar-refractivity contribution in [2.24, 2.45) is 0 Å². The summed E-state index contributed by atoms with van der Waals surface area (Å²) in [5.74, 6) is -0.854. The summed E-state index contributed by atoms with van der Waals surface area (Å²) in [6.07, 6.45) is -5.15. The first-order chi connectivity index (χ1) is 13.6. The number of aromatic nitrogens is 1. The van der Waals surface area contributed by atoms with Crippen molar-refractivity contribution in [3.63, 3.8) is 0 Å². The van der Waals surface area contributed by atoms with Crippen LogP contribution in [0.15, 0.2) is 41.2 Å². The molecule has 152 valence electrons. The van der Waals surface area contributed by atoms with Gasteiger partial charge in [0.05, 0.1) is 12.7 Å². The van der Waals surface area contributed by atoms with Crippen LogP contribution < -0.4 is 10.3 Å². The lowest BCUT2D eigenvalue weighted by molar-refractivity contribution is -0.138. The van der Waals surface area contributed by atoms with Gasteiger partial charge in [-0.1, -0.05) is 11.6 Å². The van der Waals surface area contributed by atoms with E-state index in [1.165, 1.54) is 31.4 Å². The van der Waals surface area contributed by atoms with E-state index in [1.54, 1.807) is 0 Å². The second-order valence-corrected chi connectivity index (χ2v) is 6.74. The van der Waals surface area contributed by atoms with Crippen molar-refractivity contribution in [3.8, 4) is 16.9 Å². The lowest BCUT2D eigenvalue weighted by Crippen LogP contribution is -2.17. The number of ether oxygens (including phenoxy) is 1. The molecule has 9 heteroatoms. The molecule has 0 amide bonds. The average Bonchev–Trinajstić information content (AvgIpc) is 2.64. The highest BCUT2D eigenvalue weighted by molar-refractivity contribution is 6.31. The number of aliphatic carboxylic acids is 1. The number of aromatic amines is 1. The van der Waals surface area contributed by atoms with Crippen LogP contribution in [-0.2, 0) is 17.4 Å². The number of carboxylic acids is 1. The fourth-order valence-corrected chi connectivity index (χ4v) is 3.34. The molecule has 0 radical (unpaired) electrons. The van der Waals surface area contributed by atoms with Crippen LogP contribution in [0.5, 0.6) is 5.75 Å². The van der Waals surface area contributed by atoms with E-state index in [0.29, 0.717) is 5.56 Å². The Balaban J connectivity index is 2.44. The molecule has 1 aromatic heterocycles. The highest BCUT2D eigenvalue weighted by Gasteiger charge is 2.31. The smallest absolute Gasteiger partial charge is 0.416 e. The number of carboxylic acid groups (broad SMARTS) is 1. The number of hydrogen-bond acceptors (Lipinski definition) is 3. The zero-order valence-electron chi connectivity index (χ0n) is 15.1. The predicted octanol–water partition coefficient (Wildman–Crippen LogP) is 4.89. The molecular weight excluding hydrogens is 411 g/mol. The molecule has 0 saturated heterocycles. The first kappa shape index (κ1) is 20.7. The van der Waals surface area contributed by atoms with Crippen molar-refractivity contribution in [2.75, 3.05) is 7.11 Å². The molecule has 2 N–H and O–H groups in total. The molecule has 3 rings (SSSR count). The number of rotatable bonds is 5. The molecular formula is C20H15ClF3NO4. The first-order valence-electron chi connectivity index (χ1n) is 8.43. The Hall–Kier alpha value is -3.00. The maximum Gasteiger partial charge on any atom is 0.416 e. The van der Waals surface area contributed by atoms with Crippen LogP contribution >= 0.6 is 11.6 Å². The number of pyridine rings is 1. The van der Waals surface area contributed by atoms with E-state index in [1.807, 2.05) is 0 Å². The lowest BCUT2D eigenvalue weighted by Gasteiger charge is -2.17. The van der Waals surface area contributed by atoms with Gasteiger partial charge in [0.1, 0.15) is 5.75 Å². The number of nitrogens with one attached hydrogen (secondary N) is 1. The van der Waals surface area contributed by atoms with Crippen molar-refractivity contribution < 1.29 is 27.8 Å². The third-order valence-corrected chi connectivity index (χ3v) is 4.70. The van der Waals surface area contributed by atoms with Gasteiger partial charge in [0.25, 0.3) is 5.56 Å². The second kappa shape index (κ2) is 7.79. The molecule has 29 heavy (non-hydrogen) atoms. The van der Waals surface area contributed by atoms with Crippen molar-refractivity contribution in [1.29, 1.82) is 0 Å². The highest BCUT2D eigenvalue weighted by Crippen LogP contribution is 2.40. The van der Waals surface area contributed by atoms with E-state index in [9.17, 15) is 22.8 Å². The number of alkyl halides is 3. The van der Waals surface area contributed by atoms with Crippen molar-refractivity contribution in [2.45, 2.75) is 19.0 Å². The van der Waals surface area contributed by atoms with Crippen LogP contribution in [0.3, 0.4) is 0 Å². The van der Waals surface area contributed by atoms with E-state index in [0.717, 1.165) is 12.1 Å². The van der Waals surface area contributed by atoms with Crippen LogP contribution in [0, 0.1) is 0 Å². The van der Waals surface area contributed by atoms with Crippen molar-refractivity contribution >= 4 is 28.5 Å². The number of benzene rings is 2. The van der Waals surface area contributed by atoms with Crippen LogP contribution in [-0.4, -0.2) is 23.2 Å². The van der Waals surface area contributed by atoms with Gasteiger partial charge in [-0.25, -0.2) is 0 Å². The average molecular weight is 426 g/mol. The fraction of sp³-hybridized carbons (Fsp3) is 0.200. The molecule has 0 bridgehead atoms. The van der Waals surface area contributed by atoms with Crippen LogP contribution in [0.2, 0.25) is 5.02 Å². The zero-order chi connectivity index (χ0) is 21.3. The van der Waals surface area contributed by atoms with Crippen molar-refractivity contribution in [1.82, 2.24) is 4.98 Å². The largest absolute Gasteiger partial charge is 0.496 e. The number of halogens is 4. The van der Waals surface area contributed by atoms with E-state index in [2.05, 4.69) is 4.98 Å². The molecule has 1 heterocycles. The van der Waals surface area contributed by atoms with Gasteiger partial charge in [-0.15, -0.1) is 0 Å². The third-order valence-electron chi connectivity index (χ3n) is 4.46. The summed E-state index contributed by atoms with van der Waals surface area (Å²) in [7, 11) is 1.38. The summed E-state index contributed by atoms with van der Waals surface area (Å²) in [6, 6.07) is 7.50. The molecule has 0 spiro atoms. The van der Waals surface area contributed by atoms with E-state index < -0.39 is 23.3 Å². The quantitative estimate of drug-likeness (QED) is 0.609. The maximum atomic E-state index is 13.3. The number of methoxy groups -OCH3 is 1. The van der Waals surface area contributed by atoms with Gasteiger partial charge in [0, 0.05) is 39.0 Å². The SMILES string of the molecule is COc1ccc(Cl)cc1-c1c(CCC(=O)O)c(=O)[nH]c2ccc(C(F)(F)F)cc12. The van der Waals surface area contributed by atoms with E-state index >= 15 is 0 Å². The molecule has 3 aromatic rings. The Kier molecular flexibility index (Phi) is 5.57. The molecule has 0 atom stereocenters. The van der Waals surface area contributed by atoms with Crippen LogP contribution in [0.25, 0.3) is 22.0 Å². The number of H-pyrrole nitrogens is 1. The Labute approximate surface area is 167 Å². The van der Waals surface area contributed by atoms with Crippen LogP contribution in [0.4, 0.5) is 13.2 Å². The molecule has 0 aliphatic heterocycles. The summed E-state index contributed by atoms with van der Waals surface area (Å²) in [5, 5.41) is 9.42. The molecule has 2 aromatic carbocycles. The number of carbonyl (C=O) groups is 1. The second-order valence-electron chi connectivity index (χ2n) is 6.30. The zero-order valence-corrected chi connectivity index (χ0v) is 15.8. The number of fused-ring (bicyclic) bond motifs is 1. The summed E-state index contributed by atoms with van der Waals surface area (Å²) < 4.78 is 45.2. The minimum absolute atomic E-state index is 0.0415. The van der Waals surface area contributed by atoms with Gasteiger partial charge in [-0.3, -0.25) is 9.59 Å². The Morgan fingerprint density at radius 3 is 2.55 bits per heavy atom. The minimum Gasteiger partial charge on any atom is -0.496 e. The van der Waals surface area contributed by atoms with Gasteiger partial charge < -0.3 is 14.8 Å². The van der Waals surface area contributed by atoms with Gasteiger partial charge in [-0.2, -0.15) is 13.2 Å². The van der Waals surface area contributed by atoms with Gasteiger partial charge in [0.2, 0.25) is 0 Å². The molecule has 0 fully saturated rings. The Bertz CT molecular complexity index is 1150. The minimum atomic E-state index is -4.60. The molecule has 0 aliphatic carbocycles. The monoisotopic (exact) mass is 425 g/mol. The van der Waals surface area contributed by atoms with Crippen molar-refractivity contribution in [3.05, 3.63) is 62.9 Å². The number of hydrogen-bond donors (Lipinski definition) is 2. The van der Waals surface area contributed by atoms with Gasteiger partial charge in [-0.05, 0) is 42.8 Å². The molecule has 5 nitrogen and oxygen atoms in total. The van der Waals surface area contributed by atoms with Crippen LogP contribution in [0.1, 0.15) is 17.5 Å². The summed E-state index contributed by atoms with van der Waals surface area (Å²) >= 11 is 6.08. The molecule has 0 unspecified atom stereocenters. The normalized spacial score (nSPS) is 11.6. The van der Waals surface area contributed by atoms with E-state index in [4.69, 9.17) is 21.4 Å². The summed E-state index contributed by atoms with van der Waals surface area (Å²) in [4.78, 5) is 26.2. The third kappa shape index (κ3) is 4.22. The Morgan fingerprint density at radius 2 is 1.93 bits per heavy atom. The highest BCUT2D eigenvalue weighted by atomic mass is 35.5. The lowest BCUT2D eigenvalue weighted by atomic mass is 9.92. The topological polar surface area (TPSA) is 79.4 Å². The first-order valence-corrected chi connectivity index (χ1v) is 8.81. The van der Waals surface area contributed by atoms with E-state index in [-0.39, 0.29) is 45.6 Å². The predicted molar refractivity (Wildman–Crippen MR) is 103 cm³/mol. The Morgan fingerprint density at radius 1 is 1.21 bits per heavy atom. The molecule has 0 aliphatic rings. The molecule has 0 saturated carbocycles. The van der Waals surface area contributed by atoms with Gasteiger partial charge >= 0.3 is 12.1 Å². The van der Waals surface area contributed by atoms with Gasteiger partial charge in [0.15, 0.2) is 0 Å². The standard InChI is InChI=1S/C20H15ClF3NO4/c1-29-16-6-3-11(21)9-14(16)18-12(4-7-17(26)27)19(28)25-15-5-2-10(8-13(15)18)20(22,23)24/h2-3,5-6,8-9H,4,7H2,1H3,(H,25,28)(H,26,27). The fourth-order valence-electron chi connectivity index (χ4n) is 3.16. The summed E-state index contributed by atoms with van der Waals surface area (Å²) in [5.41, 5.74) is -0.802. The maximum absolute atomic E-state index is 13.3. The summed E-state index contributed by atoms with van der Waals surface area (Å²) in [6.45, 7) is 0.